The van der Waals surface area contributed by atoms with Crippen molar-refractivity contribution in [2.45, 2.75) is 20.8 Å². The lowest BCUT2D eigenvalue weighted by molar-refractivity contribution is 1.08. The molecule has 0 aliphatic carbocycles. The maximum atomic E-state index is 5.73. The molecule has 0 atom stereocenters. The summed E-state index contributed by atoms with van der Waals surface area (Å²) in [4.78, 5) is 7.02. The molecule has 104 valence electrons. The van der Waals surface area contributed by atoms with E-state index in [1.807, 2.05) is 26.1 Å². The van der Waals surface area contributed by atoms with Crippen LogP contribution in [0.25, 0.3) is 0 Å². The average molecular weight is 285 g/mol. The molecule has 0 saturated carbocycles. The second kappa shape index (κ2) is 5.59. The van der Waals surface area contributed by atoms with Crippen LogP contribution in [-0.4, -0.2) is 17.0 Å². The molecule has 0 aliphatic heterocycles. The molecule has 2 N–H and O–H groups in total. The summed E-state index contributed by atoms with van der Waals surface area (Å²) in [6.07, 6.45) is 0. The molecule has 1 aromatic heterocycles. The molecule has 20 heavy (non-hydrogen) atoms. The van der Waals surface area contributed by atoms with Crippen molar-refractivity contribution in [2.24, 2.45) is 5.73 Å². The molecule has 1 heterocycles. The fourth-order valence-corrected chi connectivity index (χ4v) is 2.39. The van der Waals surface area contributed by atoms with Crippen LogP contribution in [0.1, 0.15) is 22.4 Å². The lowest BCUT2D eigenvalue weighted by Crippen LogP contribution is -2.16. The van der Waals surface area contributed by atoms with Crippen molar-refractivity contribution >= 4 is 28.7 Å². The van der Waals surface area contributed by atoms with Crippen molar-refractivity contribution in [3.63, 3.8) is 0 Å². The van der Waals surface area contributed by atoms with Crippen LogP contribution in [0.15, 0.2) is 30.3 Å². The maximum absolute atomic E-state index is 5.73. The Hall–Kier alpha value is -1.94. The number of rotatable bonds is 3. The zero-order valence-corrected chi connectivity index (χ0v) is 13.1. The van der Waals surface area contributed by atoms with Crippen LogP contribution in [-0.2, 0) is 0 Å². The lowest BCUT2D eigenvalue weighted by Gasteiger charge is -2.22. The van der Waals surface area contributed by atoms with Gasteiger partial charge in [-0.15, -0.1) is 0 Å². The van der Waals surface area contributed by atoms with Gasteiger partial charge in [-0.3, -0.25) is 0 Å². The standard InChI is InChI=1S/C16H19N3S/c1-10-5-6-14(11(2)7-10)19(4)15-9-13(16(17)20)8-12(3)18-15/h5-9H,1-4H3,(H2,17,20). The summed E-state index contributed by atoms with van der Waals surface area (Å²) in [7, 11) is 2.00. The minimum absolute atomic E-state index is 0.394. The van der Waals surface area contributed by atoms with Gasteiger partial charge in [-0.1, -0.05) is 29.9 Å². The van der Waals surface area contributed by atoms with Gasteiger partial charge < -0.3 is 10.6 Å². The first-order valence-corrected chi connectivity index (χ1v) is 6.89. The van der Waals surface area contributed by atoms with Crippen LogP contribution in [0, 0.1) is 20.8 Å². The Morgan fingerprint density at radius 3 is 2.45 bits per heavy atom. The first-order valence-electron chi connectivity index (χ1n) is 6.48. The Bertz CT molecular complexity index is 665. The van der Waals surface area contributed by atoms with Gasteiger partial charge in [-0.25, -0.2) is 4.98 Å². The molecule has 0 aliphatic rings. The third kappa shape index (κ3) is 2.96. The molecule has 0 saturated heterocycles. The number of thiocarbonyl (C=S) groups is 1. The molecule has 2 rings (SSSR count). The van der Waals surface area contributed by atoms with E-state index in [-0.39, 0.29) is 0 Å². The average Bonchev–Trinajstić information content (AvgIpc) is 2.37. The van der Waals surface area contributed by atoms with Gasteiger partial charge in [0, 0.05) is 24.0 Å². The molecular formula is C16H19N3S. The van der Waals surface area contributed by atoms with Crippen LogP contribution in [0.5, 0.6) is 0 Å². The Labute approximate surface area is 125 Å². The van der Waals surface area contributed by atoms with Crippen LogP contribution >= 0.6 is 12.2 Å². The quantitative estimate of drug-likeness (QED) is 0.878. The Morgan fingerprint density at radius 1 is 1.15 bits per heavy atom. The van der Waals surface area contributed by atoms with E-state index in [1.54, 1.807) is 0 Å². The first-order chi connectivity index (χ1) is 9.38. The summed E-state index contributed by atoms with van der Waals surface area (Å²) >= 11 is 5.06. The van der Waals surface area contributed by atoms with Gasteiger partial charge in [-0.05, 0) is 44.5 Å². The summed E-state index contributed by atoms with van der Waals surface area (Å²) in [5, 5.41) is 0. The highest BCUT2D eigenvalue weighted by atomic mass is 32.1. The Balaban J connectivity index is 2.47. The molecule has 0 radical (unpaired) electrons. The summed E-state index contributed by atoms with van der Waals surface area (Å²) in [6.45, 7) is 6.14. The monoisotopic (exact) mass is 285 g/mol. The fourth-order valence-electron chi connectivity index (χ4n) is 2.27. The van der Waals surface area contributed by atoms with Crippen LogP contribution in [0.4, 0.5) is 11.5 Å². The second-order valence-corrected chi connectivity index (χ2v) is 5.51. The van der Waals surface area contributed by atoms with E-state index in [1.165, 1.54) is 11.1 Å². The zero-order chi connectivity index (χ0) is 14.9. The molecule has 1 aromatic carbocycles. The minimum atomic E-state index is 0.394. The molecule has 0 unspecified atom stereocenters. The molecule has 3 nitrogen and oxygen atoms in total. The predicted molar refractivity (Wildman–Crippen MR) is 88.8 cm³/mol. The van der Waals surface area contributed by atoms with Crippen LogP contribution < -0.4 is 10.6 Å². The van der Waals surface area contributed by atoms with E-state index >= 15 is 0 Å². The number of nitrogens with zero attached hydrogens (tertiary/aromatic N) is 2. The van der Waals surface area contributed by atoms with Gasteiger partial charge in [0.25, 0.3) is 0 Å². The van der Waals surface area contributed by atoms with Crippen molar-refractivity contribution in [2.75, 3.05) is 11.9 Å². The fraction of sp³-hybridized carbons (Fsp3) is 0.250. The molecule has 0 spiro atoms. The number of aromatic nitrogens is 1. The van der Waals surface area contributed by atoms with E-state index in [0.717, 1.165) is 22.8 Å². The third-order valence-electron chi connectivity index (χ3n) is 3.28. The van der Waals surface area contributed by atoms with Crippen molar-refractivity contribution in [1.82, 2.24) is 4.98 Å². The summed E-state index contributed by atoms with van der Waals surface area (Å²) < 4.78 is 0. The first kappa shape index (κ1) is 14.5. The number of hydrogen-bond donors (Lipinski definition) is 1. The van der Waals surface area contributed by atoms with Gasteiger partial charge in [0.1, 0.15) is 10.8 Å². The largest absolute Gasteiger partial charge is 0.389 e. The van der Waals surface area contributed by atoms with Gasteiger partial charge in [0.2, 0.25) is 0 Å². The van der Waals surface area contributed by atoms with E-state index in [0.29, 0.717) is 4.99 Å². The number of anilines is 2. The van der Waals surface area contributed by atoms with Crippen LogP contribution in [0.2, 0.25) is 0 Å². The SMILES string of the molecule is Cc1ccc(N(C)c2cc(C(N)=S)cc(C)n2)c(C)c1. The van der Waals surface area contributed by atoms with E-state index in [4.69, 9.17) is 18.0 Å². The summed E-state index contributed by atoms with van der Waals surface area (Å²) in [5.41, 5.74) is 11.1. The van der Waals surface area contributed by atoms with Gasteiger partial charge >= 0.3 is 0 Å². The third-order valence-corrected chi connectivity index (χ3v) is 3.52. The van der Waals surface area contributed by atoms with E-state index in [9.17, 15) is 0 Å². The minimum Gasteiger partial charge on any atom is -0.389 e. The number of hydrogen-bond acceptors (Lipinski definition) is 3. The topological polar surface area (TPSA) is 42.1 Å². The van der Waals surface area contributed by atoms with E-state index < -0.39 is 0 Å². The highest BCUT2D eigenvalue weighted by molar-refractivity contribution is 7.80. The van der Waals surface area contributed by atoms with Gasteiger partial charge in [-0.2, -0.15) is 0 Å². The van der Waals surface area contributed by atoms with Crippen molar-refractivity contribution in [1.29, 1.82) is 0 Å². The molecular weight excluding hydrogens is 266 g/mol. The Morgan fingerprint density at radius 2 is 1.85 bits per heavy atom. The lowest BCUT2D eigenvalue weighted by atomic mass is 10.1. The molecule has 0 fully saturated rings. The van der Waals surface area contributed by atoms with Crippen molar-refractivity contribution < 1.29 is 0 Å². The Kier molecular flexibility index (Phi) is 4.04. The van der Waals surface area contributed by atoms with Crippen molar-refractivity contribution in [3.05, 3.63) is 52.7 Å². The summed E-state index contributed by atoms with van der Waals surface area (Å²) in [6, 6.07) is 10.2. The summed E-state index contributed by atoms with van der Waals surface area (Å²) in [5.74, 6) is 0.847. The number of nitrogens with two attached hydrogens (primary N) is 1. The zero-order valence-electron chi connectivity index (χ0n) is 12.3. The van der Waals surface area contributed by atoms with Gasteiger partial charge in [0.15, 0.2) is 0 Å². The maximum Gasteiger partial charge on any atom is 0.133 e. The molecule has 4 heteroatoms. The number of aryl methyl sites for hydroxylation is 3. The normalized spacial score (nSPS) is 10.4. The van der Waals surface area contributed by atoms with E-state index in [2.05, 4.69) is 41.9 Å². The smallest absolute Gasteiger partial charge is 0.133 e. The van der Waals surface area contributed by atoms with Crippen LogP contribution in [0.3, 0.4) is 0 Å². The number of benzene rings is 1. The molecule has 0 bridgehead atoms. The second-order valence-electron chi connectivity index (χ2n) is 5.07. The highest BCUT2D eigenvalue weighted by Gasteiger charge is 2.11. The van der Waals surface area contributed by atoms with Gasteiger partial charge in [0.05, 0.1) is 0 Å². The van der Waals surface area contributed by atoms with Crippen molar-refractivity contribution in [3.8, 4) is 0 Å². The highest BCUT2D eigenvalue weighted by Crippen LogP contribution is 2.27. The predicted octanol–water partition coefficient (Wildman–Crippen LogP) is 3.41. The molecule has 2 aromatic rings. The number of pyridine rings is 1. The molecule has 0 amide bonds.